The summed E-state index contributed by atoms with van der Waals surface area (Å²) in [5.41, 5.74) is 6.71. The number of carbonyl (C=O) groups excluding carboxylic acids is 2. The second-order valence-corrected chi connectivity index (χ2v) is 7.93. The van der Waals surface area contributed by atoms with Crippen LogP contribution in [0.25, 0.3) is 0 Å². The molecule has 3 rings (SSSR count). The normalized spacial score (nSPS) is 13.9. The summed E-state index contributed by atoms with van der Waals surface area (Å²) in [6.07, 6.45) is 5.44. The smallest absolute Gasteiger partial charge is 0.255 e. The van der Waals surface area contributed by atoms with Gasteiger partial charge in [0, 0.05) is 18.2 Å². The first-order valence-corrected chi connectivity index (χ1v) is 11.1. The Morgan fingerprint density at radius 2 is 1.81 bits per heavy atom. The van der Waals surface area contributed by atoms with E-state index in [-0.39, 0.29) is 18.6 Å². The van der Waals surface area contributed by atoms with Crippen LogP contribution < -0.4 is 19.9 Å². The number of primary amides is 1. The van der Waals surface area contributed by atoms with Crippen LogP contribution in [0.1, 0.15) is 54.9 Å². The Labute approximate surface area is 189 Å². The number of carbonyl (C=O) groups is 2. The molecule has 0 heterocycles. The highest BCUT2D eigenvalue weighted by Gasteiger charge is 2.27. The maximum atomic E-state index is 13.6. The van der Waals surface area contributed by atoms with E-state index in [9.17, 15) is 9.59 Å². The van der Waals surface area contributed by atoms with Gasteiger partial charge in [0.25, 0.3) is 11.8 Å². The Bertz CT molecular complexity index is 924. The summed E-state index contributed by atoms with van der Waals surface area (Å²) >= 11 is 0. The monoisotopic (exact) mass is 440 g/mol. The molecule has 172 valence electrons. The minimum Gasteiger partial charge on any atom is -0.494 e. The maximum absolute atomic E-state index is 13.6. The van der Waals surface area contributed by atoms with Gasteiger partial charge in [0.1, 0.15) is 5.75 Å². The highest BCUT2D eigenvalue weighted by molar-refractivity contribution is 5.94. The van der Waals surface area contributed by atoms with E-state index in [2.05, 4.69) is 0 Å². The van der Waals surface area contributed by atoms with Crippen LogP contribution in [0, 0.1) is 0 Å². The minimum absolute atomic E-state index is 0.00789. The average molecular weight is 441 g/mol. The fraction of sp³-hybridized carbons (Fsp3) is 0.440. The van der Waals surface area contributed by atoms with E-state index in [0.29, 0.717) is 36.0 Å². The Morgan fingerprint density at radius 3 is 2.50 bits per heavy atom. The van der Waals surface area contributed by atoms with E-state index < -0.39 is 5.91 Å². The lowest BCUT2D eigenvalue weighted by Crippen LogP contribution is -2.41. The third-order valence-electron chi connectivity index (χ3n) is 5.62. The molecule has 1 aliphatic carbocycles. The first kappa shape index (κ1) is 23.4. The number of amides is 2. The molecule has 32 heavy (non-hydrogen) atoms. The third kappa shape index (κ3) is 6.15. The van der Waals surface area contributed by atoms with Crippen LogP contribution in [0.5, 0.6) is 17.2 Å². The van der Waals surface area contributed by atoms with Gasteiger partial charge in [-0.1, -0.05) is 31.4 Å². The van der Waals surface area contributed by atoms with Crippen LogP contribution in [0.4, 0.5) is 0 Å². The number of hydrogen-bond donors (Lipinski definition) is 1. The number of nitrogens with two attached hydrogens (primary N) is 1. The molecule has 2 aromatic carbocycles. The molecule has 2 N–H and O–H groups in total. The molecule has 7 heteroatoms. The summed E-state index contributed by atoms with van der Waals surface area (Å²) in [5.74, 6) is 1.07. The van der Waals surface area contributed by atoms with Crippen molar-refractivity contribution in [3.63, 3.8) is 0 Å². The molecule has 0 aliphatic heterocycles. The standard InChI is InChI=1S/C25H32N2O5/c1-3-31-21-11-7-8-19(15-21)25(29)27(20-9-5-4-6-10-20)16-18-12-13-22(23(14-18)30-2)32-17-24(26)28/h7-8,11-15,20H,3-6,9-10,16-17H2,1-2H3,(H2,26,28). The molecule has 0 aromatic heterocycles. The predicted molar refractivity (Wildman–Crippen MR) is 122 cm³/mol. The molecule has 0 unspecified atom stereocenters. The summed E-state index contributed by atoms with van der Waals surface area (Å²) in [4.78, 5) is 26.6. The molecule has 1 fully saturated rings. The van der Waals surface area contributed by atoms with Crippen LogP contribution in [0.15, 0.2) is 42.5 Å². The number of nitrogens with zero attached hydrogens (tertiary/aromatic N) is 1. The molecular formula is C25H32N2O5. The van der Waals surface area contributed by atoms with Crippen LogP contribution in [0.2, 0.25) is 0 Å². The molecule has 0 atom stereocenters. The molecule has 2 aromatic rings. The molecule has 2 amide bonds. The summed E-state index contributed by atoms with van der Waals surface area (Å²) in [6.45, 7) is 2.70. The van der Waals surface area contributed by atoms with Crippen LogP contribution in [-0.2, 0) is 11.3 Å². The van der Waals surface area contributed by atoms with E-state index >= 15 is 0 Å². The fourth-order valence-corrected chi connectivity index (χ4v) is 4.09. The number of benzene rings is 2. The summed E-state index contributed by atoms with van der Waals surface area (Å²) in [6, 6.07) is 13.0. The number of rotatable bonds is 10. The van der Waals surface area contributed by atoms with Gasteiger partial charge >= 0.3 is 0 Å². The molecule has 0 bridgehead atoms. The number of hydrogen-bond acceptors (Lipinski definition) is 5. The van der Waals surface area contributed by atoms with Crippen molar-refractivity contribution in [2.45, 2.75) is 51.6 Å². The fourth-order valence-electron chi connectivity index (χ4n) is 4.09. The van der Waals surface area contributed by atoms with Crippen molar-refractivity contribution >= 4 is 11.8 Å². The van der Waals surface area contributed by atoms with E-state index in [0.717, 1.165) is 31.2 Å². The van der Waals surface area contributed by atoms with Gasteiger partial charge in [-0.05, 0) is 55.7 Å². The van der Waals surface area contributed by atoms with Crippen molar-refractivity contribution in [3.8, 4) is 17.2 Å². The first-order chi connectivity index (χ1) is 15.5. The molecular weight excluding hydrogens is 408 g/mol. The van der Waals surface area contributed by atoms with Crippen molar-refractivity contribution in [1.82, 2.24) is 4.90 Å². The zero-order valence-corrected chi connectivity index (χ0v) is 18.8. The summed E-state index contributed by atoms with van der Waals surface area (Å²) in [7, 11) is 1.54. The number of methoxy groups -OCH3 is 1. The Kier molecular flexibility index (Phi) is 8.36. The second kappa shape index (κ2) is 11.4. The summed E-state index contributed by atoms with van der Waals surface area (Å²) < 4.78 is 16.5. The van der Waals surface area contributed by atoms with Crippen LogP contribution >= 0.6 is 0 Å². The minimum atomic E-state index is -0.556. The van der Waals surface area contributed by atoms with Crippen molar-refractivity contribution in [1.29, 1.82) is 0 Å². The van der Waals surface area contributed by atoms with Gasteiger partial charge < -0.3 is 24.8 Å². The molecule has 0 saturated heterocycles. The highest BCUT2D eigenvalue weighted by Crippen LogP contribution is 2.31. The van der Waals surface area contributed by atoms with E-state index in [1.54, 1.807) is 13.2 Å². The van der Waals surface area contributed by atoms with Crippen LogP contribution in [0.3, 0.4) is 0 Å². The predicted octanol–water partition coefficient (Wildman–Crippen LogP) is 3.93. The molecule has 0 radical (unpaired) electrons. The SMILES string of the molecule is CCOc1cccc(C(=O)N(Cc2ccc(OCC(N)=O)c(OC)c2)C2CCCCC2)c1. The second-order valence-electron chi connectivity index (χ2n) is 7.93. The third-order valence-corrected chi connectivity index (χ3v) is 5.62. The quantitative estimate of drug-likeness (QED) is 0.604. The molecule has 1 saturated carbocycles. The van der Waals surface area contributed by atoms with Gasteiger partial charge in [0.05, 0.1) is 13.7 Å². The lowest BCUT2D eigenvalue weighted by atomic mass is 9.93. The molecule has 1 aliphatic rings. The molecule has 0 spiro atoms. The van der Waals surface area contributed by atoms with E-state index in [1.807, 2.05) is 48.2 Å². The van der Waals surface area contributed by atoms with E-state index in [1.165, 1.54) is 6.42 Å². The van der Waals surface area contributed by atoms with E-state index in [4.69, 9.17) is 19.9 Å². The Morgan fingerprint density at radius 1 is 1.03 bits per heavy atom. The van der Waals surface area contributed by atoms with Crippen molar-refractivity contribution in [3.05, 3.63) is 53.6 Å². The van der Waals surface area contributed by atoms with Gasteiger partial charge in [-0.2, -0.15) is 0 Å². The Hall–Kier alpha value is -3.22. The van der Waals surface area contributed by atoms with Crippen LogP contribution in [-0.4, -0.2) is 43.1 Å². The van der Waals surface area contributed by atoms with Gasteiger partial charge in [-0.25, -0.2) is 0 Å². The van der Waals surface area contributed by atoms with Crippen molar-refractivity contribution in [2.24, 2.45) is 5.73 Å². The van der Waals surface area contributed by atoms with Gasteiger partial charge in [-0.3, -0.25) is 9.59 Å². The Balaban J connectivity index is 1.85. The van der Waals surface area contributed by atoms with Gasteiger partial charge in [0.2, 0.25) is 0 Å². The molecule has 7 nitrogen and oxygen atoms in total. The topological polar surface area (TPSA) is 91.1 Å². The largest absolute Gasteiger partial charge is 0.494 e. The lowest BCUT2D eigenvalue weighted by Gasteiger charge is -2.35. The highest BCUT2D eigenvalue weighted by atomic mass is 16.5. The number of ether oxygens (including phenoxy) is 3. The zero-order valence-electron chi connectivity index (χ0n) is 18.8. The zero-order chi connectivity index (χ0) is 22.9. The maximum Gasteiger partial charge on any atom is 0.255 e. The average Bonchev–Trinajstić information content (AvgIpc) is 2.82. The van der Waals surface area contributed by atoms with Crippen molar-refractivity contribution < 1.29 is 23.8 Å². The summed E-state index contributed by atoms with van der Waals surface area (Å²) in [5, 5.41) is 0. The van der Waals surface area contributed by atoms with Crippen molar-refractivity contribution in [2.75, 3.05) is 20.3 Å². The lowest BCUT2D eigenvalue weighted by molar-refractivity contribution is -0.119. The van der Waals surface area contributed by atoms with Gasteiger partial charge in [0.15, 0.2) is 18.1 Å². The van der Waals surface area contributed by atoms with Gasteiger partial charge in [-0.15, -0.1) is 0 Å². The first-order valence-electron chi connectivity index (χ1n) is 11.1.